The Morgan fingerprint density at radius 2 is 1.81 bits per heavy atom. The molecule has 0 aromatic heterocycles. The highest BCUT2D eigenvalue weighted by atomic mass is 19.1. The van der Waals surface area contributed by atoms with E-state index in [1.807, 2.05) is 0 Å². The second kappa shape index (κ2) is 5.09. The minimum atomic E-state index is -0.350. The van der Waals surface area contributed by atoms with Gasteiger partial charge in [-0.25, -0.2) is 4.39 Å². The number of phenols is 2. The van der Waals surface area contributed by atoms with Crippen molar-refractivity contribution in [3.8, 4) is 11.5 Å². The minimum absolute atomic E-state index is 0.0388. The molecule has 1 aliphatic rings. The van der Waals surface area contributed by atoms with Crippen molar-refractivity contribution in [3.05, 3.63) is 53.8 Å². The van der Waals surface area contributed by atoms with Gasteiger partial charge in [0, 0.05) is 11.6 Å². The van der Waals surface area contributed by atoms with Gasteiger partial charge in [0.05, 0.1) is 0 Å². The van der Waals surface area contributed by atoms with Gasteiger partial charge in [0.1, 0.15) is 5.82 Å². The van der Waals surface area contributed by atoms with Gasteiger partial charge in [-0.05, 0) is 54.3 Å². The predicted octanol–water partition coefficient (Wildman–Crippen LogP) is 2.98. The van der Waals surface area contributed by atoms with Crippen LogP contribution in [0.15, 0.2) is 42.5 Å². The normalized spacial score (nSPS) is 20.0. The highest BCUT2D eigenvalue weighted by Gasteiger charge is 2.44. The molecule has 1 saturated carbocycles. The number of anilines is 1. The smallest absolute Gasteiger partial charge is 0.228 e. The molecule has 0 spiro atoms. The summed E-state index contributed by atoms with van der Waals surface area (Å²) in [6.45, 7) is 0. The van der Waals surface area contributed by atoms with Gasteiger partial charge in [0.25, 0.3) is 0 Å². The molecule has 2 aromatic carbocycles. The summed E-state index contributed by atoms with van der Waals surface area (Å²) in [6, 6.07) is 10.2. The topological polar surface area (TPSA) is 69.6 Å². The van der Waals surface area contributed by atoms with Crippen LogP contribution in [0.5, 0.6) is 11.5 Å². The summed E-state index contributed by atoms with van der Waals surface area (Å²) < 4.78 is 12.8. The van der Waals surface area contributed by atoms with Crippen LogP contribution < -0.4 is 5.32 Å². The third-order valence-electron chi connectivity index (χ3n) is 3.67. The Morgan fingerprint density at radius 1 is 1.10 bits per heavy atom. The van der Waals surface area contributed by atoms with Crippen LogP contribution in [0.4, 0.5) is 10.1 Å². The van der Waals surface area contributed by atoms with Crippen LogP contribution in [0.1, 0.15) is 17.9 Å². The van der Waals surface area contributed by atoms with Crippen molar-refractivity contribution >= 4 is 11.6 Å². The van der Waals surface area contributed by atoms with E-state index in [-0.39, 0.29) is 35.1 Å². The molecular weight excluding hydrogens is 273 g/mol. The van der Waals surface area contributed by atoms with Gasteiger partial charge >= 0.3 is 0 Å². The Balaban J connectivity index is 1.65. The van der Waals surface area contributed by atoms with Crippen LogP contribution in [-0.4, -0.2) is 16.1 Å². The van der Waals surface area contributed by atoms with Crippen molar-refractivity contribution < 1.29 is 19.4 Å². The summed E-state index contributed by atoms with van der Waals surface area (Å²) >= 11 is 0. The molecule has 0 bridgehead atoms. The molecule has 3 N–H and O–H groups in total. The van der Waals surface area contributed by atoms with Crippen LogP contribution >= 0.6 is 0 Å². The second-order valence-corrected chi connectivity index (χ2v) is 5.19. The standard InChI is InChI=1S/C16H14FNO3/c17-10-2-4-11(5-3-10)18-16(21)13-8-12(13)9-1-6-14(19)15(20)7-9/h1-7,12-13,19-20H,8H2,(H,18,21). The van der Waals surface area contributed by atoms with Crippen molar-refractivity contribution in [2.24, 2.45) is 5.92 Å². The Hall–Kier alpha value is -2.56. The highest BCUT2D eigenvalue weighted by Crippen LogP contribution is 2.49. The van der Waals surface area contributed by atoms with Gasteiger partial charge in [-0.15, -0.1) is 0 Å². The quantitative estimate of drug-likeness (QED) is 0.760. The lowest BCUT2D eigenvalue weighted by Gasteiger charge is -2.05. The van der Waals surface area contributed by atoms with Crippen molar-refractivity contribution in [3.63, 3.8) is 0 Å². The molecule has 1 fully saturated rings. The van der Waals surface area contributed by atoms with E-state index in [0.717, 1.165) is 5.56 Å². The molecule has 1 amide bonds. The first-order chi connectivity index (χ1) is 10.0. The van der Waals surface area contributed by atoms with Gasteiger partial charge in [-0.2, -0.15) is 0 Å². The van der Waals surface area contributed by atoms with E-state index in [1.54, 1.807) is 6.07 Å². The zero-order valence-electron chi connectivity index (χ0n) is 11.1. The molecule has 0 saturated heterocycles. The van der Waals surface area contributed by atoms with Gasteiger partial charge in [-0.1, -0.05) is 6.07 Å². The van der Waals surface area contributed by atoms with E-state index < -0.39 is 0 Å². The Bertz CT molecular complexity index is 684. The molecule has 0 heterocycles. The van der Waals surface area contributed by atoms with Gasteiger partial charge < -0.3 is 15.5 Å². The fourth-order valence-corrected chi connectivity index (χ4v) is 2.39. The molecular formula is C16H14FNO3. The SMILES string of the molecule is O=C(Nc1ccc(F)cc1)C1CC1c1ccc(O)c(O)c1. The number of hydrogen-bond donors (Lipinski definition) is 3. The lowest BCUT2D eigenvalue weighted by atomic mass is 10.1. The first-order valence-corrected chi connectivity index (χ1v) is 6.63. The lowest BCUT2D eigenvalue weighted by molar-refractivity contribution is -0.117. The molecule has 2 aromatic rings. The number of nitrogens with one attached hydrogen (secondary N) is 1. The molecule has 5 heteroatoms. The molecule has 0 aliphatic heterocycles. The Morgan fingerprint density at radius 3 is 2.48 bits per heavy atom. The number of halogens is 1. The number of phenolic OH excluding ortho intramolecular Hbond substituents is 2. The third kappa shape index (κ3) is 2.81. The van der Waals surface area contributed by atoms with E-state index in [0.29, 0.717) is 12.1 Å². The maximum absolute atomic E-state index is 12.8. The summed E-state index contributed by atoms with van der Waals surface area (Å²) in [5, 5.41) is 21.5. The molecule has 3 rings (SSSR count). The predicted molar refractivity (Wildman–Crippen MR) is 75.6 cm³/mol. The molecule has 108 valence electrons. The molecule has 21 heavy (non-hydrogen) atoms. The molecule has 2 unspecified atom stereocenters. The number of hydrogen-bond acceptors (Lipinski definition) is 3. The molecule has 1 aliphatic carbocycles. The number of benzene rings is 2. The van der Waals surface area contributed by atoms with E-state index >= 15 is 0 Å². The number of amides is 1. The van der Waals surface area contributed by atoms with Crippen molar-refractivity contribution in [1.29, 1.82) is 0 Å². The largest absolute Gasteiger partial charge is 0.504 e. The average Bonchev–Trinajstić information content (AvgIpc) is 3.25. The molecule has 0 radical (unpaired) electrons. The summed E-state index contributed by atoms with van der Waals surface area (Å²) in [4.78, 5) is 12.1. The summed E-state index contributed by atoms with van der Waals surface area (Å²) in [5.74, 6) is -0.962. The maximum Gasteiger partial charge on any atom is 0.228 e. The van der Waals surface area contributed by atoms with Crippen LogP contribution in [0.25, 0.3) is 0 Å². The Kier molecular flexibility index (Phi) is 3.25. The van der Waals surface area contributed by atoms with Crippen LogP contribution in [0.3, 0.4) is 0 Å². The molecule has 4 nitrogen and oxygen atoms in total. The van der Waals surface area contributed by atoms with Crippen molar-refractivity contribution in [2.45, 2.75) is 12.3 Å². The monoisotopic (exact) mass is 287 g/mol. The fraction of sp³-hybridized carbons (Fsp3) is 0.188. The van der Waals surface area contributed by atoms with Gasteiger partial charge in [0.2, 0.25) is 5.91 Å². The van der Waals surface area contributed by atoms with E-state index in [2.05, 4.69) is 5.32 Å². The zero-order chi connectivity index (χ0) is 15.0. The molecule has 2 atom stereocenters. The second-order valence-electron chi connectivity index (χ2n) is 5.19. The van der Waals surface area contributed by atoms with E-state index in [1.165, 1.54) is 36.4 Å². The number of carbonyl (C=O) groups is 1. The Labute approximate surface area is 120 Å². The van der Waals surface area contributed by atoms with Gasteiger partial charge in [0.15, 0.2) is 11.5 Å². The lowest BCUT2D eigenvalue weighted by Crippen LogP contribution is -2.14. The van der Waals surface area contributed by atoms with Gasteiger partial charge in [-0.3, -0.25) is 4.79 Å². The number of aromatic hydroxyl groups is 2. The average molecular weight is 287 g/mol. The van der Waals surface area contributed by atoms with Crippen LogP contribution in [0.2, 0.25) is 0 Å². The van der Waals surface area contributed by atoms with E-state index in [9.17, 15) is 19.4 Å². The number of carbonyl (C=O) groups excluding carboxylic acids is 1. The van der Waals surface area contributed by atoms with E-state index in [4.69, 9.17) is 0 Å². The summed E-state index contributed by atoms with van der Waals surface area (Å²) in [5.41, 5.74) is 1.38. The maximum atomic E-state index is 12.8. The third-order valence-corrected chi connectivity index (χ3v) is 3.67. The zero-order valence-corrected chi connectivity index (χ0v) is 11.1. The van der Waals surface area contributed by atoms with Crippen LogP contribution in [-0.2, 0) is 4.79 Å². The highest BCUT2D eigenvalue weighted by molar-refractivity contribution is 5.95. The summed E-state index contributed by atoms with van der Waals surface area (Å²) in [6.07, 6.45) is 0.692. The fourth-order valence-electron chi connectivity index (χ4n) is 2.39. The van der Waals surface area contributed by atoms with Crippen LogP contribution in [0, 0.1) is 11.7 Å². The number of rotatable bonds is 3. The first-order valence-electron chi connectivity index (χ1n) is 6.63. The minimum Gasteiger partial charge on any atom is -0.504 e. The van der Waals surface area contributed by atoms with Crippen molar-refractivity contribution in [1.82, 2.24) is 0 Å². The first kappa shape index (κ1) is 13.4. The summed E-state index contributed by atoms with van der Waals surface area (Å²) in [7, 11) is 0. The van der Waals surface area contributed by atoms with Crippen molar-refractivity contribution in [2.75, 3.05) is 5.32 Å².